The normalized spacial score (nSPS) is 21.6. The fraction of sp³-hybridized carbons (Fsp3) is 0.381. The maximum atomic E-state index is 13.3. The molecule has 2 aliphatic rings. The summed E-state index contributed by atoms with van der Waals surface area (Å²) in [4.78, 5) is 35.6. The Labute approximate surface area is 186 Å². The van der Waals surface area contributed by atoms with Crippen LogP contribution in [0.15, 0.2) is 47.6 Å². The molecule has 1 saturated heterocycles. The van der Waals surface area contributed by atoms with Gasteiger partial charge in [-0.05, 0) is 37.5 Å². The highest BCUT2D eigenvalue weighted by Gasteiger charge is 2.49. The molecule has 11 heteroatoms. The standard InChI is InChI=1S/C21H18F3N5O2S/c22-21(23,24)14-4-1-2-5-16(14)32-18(31)13-10-15(17(30)28-20(12-25)6-7-20)29(11-13)19-26-8-3-9-27-19/h1-5,8-9,13,15H,6-7,10-11H2,(H,28,30)/t13-,15+/m1/s1. The molecule has 0 radical (unpaired) electrons. The lowest BCUT2D eigenvalue weighted by molar-refractivity contribution is -0.139. The number of alkyl halides is 3. The summed E-state index contributed by atoms with van der Waals surface area (Å²) in [6.45, 7) is 0.0850. The smallest absolute Gasteiger partial charge is 0.336 e. The molecular weight excluding hydrogens is 443 g/mol. The predicted octanol–water partition coefficient (Wildman–Crippen LogP) is 3.18. The number of aromatic nitrogens is 2. The molecule has 2 fully saturated rings. The number of hydrogen-bond donors (Lipinski definition) is 1. The number of nitrogens with one attached hydrogen (secondary N) is 1. The van der Waals surface area contributed by atoms with E-state index in [9.17, 15) is 28.0 Å². The number of carbonyl (C=O) groups excluding carboxylic acids is 2. The van der Waals surface area contributed by atoms with Crippen molar-refractivity contribution in [3.63, 3.8) is 0 Å². The lowest BCUT2D eigenvalue weighted by Crippen LogP contribution is -2.48. The number of amides is 1. The van der Waals surface area contributed by atoms with Crippen molar-refractivity contribution < 1.29 is 22.8 Å². The molecule has 166 valence electrons. The summed E-state index contributed by atoms with van der Waals surface area (Å²) in [6.07, 6.45) is -0.392. The van der Waals surface area contributed by atoms with Gasteiger partial charge in [-0.1, -0.05) is 23.9 Å². The van der Waals surface area contributed by atoms with E-state index in [1.54, 1.807) is 11.0 Å². The molecule has 0 unspecified atom stereocenters. The van der Waals surface area contributed by atoms with Gasteiger partial charge in [-0.3, -0.25) is 9.59 Å². The number of benzene rings is 1. The number of hydrogen-bond acceptors (Lipinski definition) is 7. The van der Waals surface area contributed by atoms with Gasteiger partial charge in [0.1, 0.15) is 11.6 Å². The average molecular weight is 461 g/mol. The minimum absolute atomic E-state index is 0.0850. The summed E-state index contributed by atoms with van der Waals surface area (Å²) in [6, 6.07) is 7.79. The van der Waals surface area contributed by atoms with Crippen molar-refractivity contribution in [2.75, 3.05) is 11.4 Å². The van der Waals surface area contributed by atoms with Crippen LogP contribution in [0.4, 0.5) is 19.1 Å². The van der Waals surface area contributed by atoms with Crippen LogP contribution in [0.5, 0.6) is 0 Å². The molecule has 1 aromatic carbocycles. The van der Waals surface area contributed by atoms with E-state index in [4.69, 9.17) is 0 Å². The zero-order valence-corrected chi connectivity index (χ0v) is 17.5. The number of anilines is 1. The molecule has 1 aliphatic heterocycles. The average Bonchev–Trinajstić information content (AvgIpc) is 3.39. The third kappa shape index (κ3) is 4.55. The van der Waals surface area contributed by atoms with Gasteiger partial charge in [0.25, 0.3) is 0 Å². The maximum absolute atomic E-state index is 13.3. The first kappa shape index (κ1) is 22.1. The number of carbonyl (C=O) groups is 2. The summed E-state index contributed by atoms with van der Waals surface area (Å²) in [5.74, 6) is -0.893. The lowest BCUT2D eigenvalue weighted by Gasteiger charge is -2.24. The van der Waals surface area contributed by atoms with Gasteiger partial charge in [0.15, 0.2) is 5.12 Å². The first-order valence-electron chi connectivity index (χ1n) is 9.87. The number of nitrogens with zero attached hydrogens (tertiary/aromatic N) is 4. The van der Waals surface area contributed by atoms with Gasteiger partial charge < -0.3 is 10.2 Å². The van der Waals surface area contributed by atoms with Gasteiger partial charge in [0.2, 0.25) is 11.9 Å². The number of thioether (sulfide) groups is 1. The number of nitriles is 1. The van der Waals surface area contributed by atoms with Gasteiger partial charge in [0, 0.05) is 29.8 Å². The highest BCUT2D eigenvalue weighted by atomic mass is 32.2. The van der Waals surface area contributed by atoms with Gasteiger partial charge >= 0.3 is 6.18 Å². The first-order chi connectivity index (χ1) is 15.2. The Kier molecular flexibility index (Phi) is 5.81. The highest BCUT2D eigenvalue weighted by molar-refractivity contribution is 8.13. The first-order valence-corrected chi connectivity index (χ1v) is 10.7. The summed E-state index contributed by atoms with van der Waals surface area (Å²) in [7, 11) is 0. The van der Waals surface area contributed by atoms with E-state index in [1.165, 1.54) is 30.6 Å². The Morgan fingerprint density at radius 2 is 1.88 bits per heavy atom. The maximum Gasteiger partial charge on any atom is 0.417 e. The van der Waals surface area contributed by atoms with Crippen LogP contribution in [0, 0.1) is 17.2 Å². The summed E-state index contributed by atoms with van der Waals surface area (Å²) >= 11 is 0.525. The van der Waals surface area contributed by atoms with Gasteiger partial charge in [-0.25, -0.2) is 9.97 Å². The van der Waals surface area contributed by atoms with Crippen molar-refractivity contribution in [2.24, 2.45) is 5.92 Å². The van der Waals surface area contributed by atoms with Crippen molar-refractivity contribution in [1.29, 1.82) is 5.26 Å². The van der Waals surface area contributed by atoms with Crippen molar-refractivity contribution in [2.45, 2.75) is 41.9 Å². The van der Waals surface area contributed by atoms with E-state index in [0.717, 1.165) is 6.07 Å². The van der Waals surface area contributed by atoms with E-state index in [-0.39, 0.29) is 23.8 Å². The van der Waals surface area contributed by atoms with E-state index >= 15 is 0 Å². The Morgan fingerprint density at radius 3 is 2.50 bits per heavy atom. The van der Waals surface area contributed by atoms with Crippen molar-refractivity contribution in [3.8, 4) is 6.07 Å². The third-order valence-corrected chi connectivity index (χ3v) is 6.59. The quantitative estimate of drug-likeness (QED) is 0.683. The van der Waals surface area contributed by atoms with E-state index < -0.39 is 40.3 Å². The predicted molar refractivity (Wildman–Crippen MR) is 109 cm³/mol. The van der Waals surface area contributed by atoms with E-state index in [0.29, 0.717) is 24.6 Å². The van der Waals surface area contributed by atoms with Crippen molar-refractivity contribution in [1.82, 2.24) is 15.3 Å². The van der Waals surface area contributed by atoms with Crippen LogP contribution in [0.3, 0.4) is 0 Å². The molecule has 1 saturated carbocycles. The molecule has 0 spiro atoms. The monoisotopic (exact) mass is 461 g/mol. The lowest BCUT2D eigenvalue weighted by atomic mass is 10.1. The molecular formula is C21H18F3N5O2S. The van der Waals surface area contributed by atoms with Gasteiger partial charge in [0.05, 0.1) is 11.6 Å². The SMILES string of the molecule is N#CC1(NC(=O)[C@@H]2C[C@@H](C(=O)Sc3ccccc3C(F)(F)F)CN2c2ncccn2)CC1. The van der Waals surface area contributed by atoms with Crippen LogP contribution in [-0.4, -0.2) is 39.1 Å². The molecule has 1 N–H and O–H groups in total. The Bertz CT molecular complexity index is 1070. The Balaban J connectivity index is 1.55. The summed E-state index contributed by atoms with van der Waals surface area (Å²) < 4.78 is 39.9. The molecule has 2 heterocycles. The number of halogens is 3. The van der Waals surface area contributed by atoms with Crippen molar-refractivity contribution in [3.05, 3.63) is 48.3 Å². The molecule has 1 aliphatic carbocycles. The molecule has 0 bridgehead atoms. The zero-order valence-electron chi connectivity index (χ0n) is 16.7. The third-order valence-electron chi connectivity index (χ3n) is 5.48. The second kappa shape index (κ2) is 8.43. The Hall–Kier alpha value is -3.13. The fourth-order valence-corrected chi connectivity index (χ4v) is 4.60. The van der Waals surface area contributed by atoms with Crippen LogP contribution in [-0.2, 0) is 15.8 Å². The van der Waals surface area contributed by atoms with Crippen LogP contribution >= 0.6 is 11.8 Å². The molecule has 4 rings (SSSR count). The highest BCUT2D eigenvalue weighted by Crippen LogP contribution is 2.40. The van der Waals surface area contributed by atoms with E-state index in [1.807, 2.05) is 0 Å². The topological polar surface area (TPSA) is 99.0 Å². The molecule has 1 amide bonds. The molecule has 2 atom stereocenters. The molecule has 2 aromatic rings. The number of rotatable bonds is 5. The minimum Gasteiger partial charge on any atom is -0.336 e. The minimum atomic E-state index is -4.58. The molecule has 7 nitrogen and oxygen atoms in total. The van der Waals surface area contributed by atoms with Crippen LogP contribution < -0.4 is 10.2 Å². The summed E-state index contributed by atoms with van der Waals surface area (Å²) in [5.41, 5.74) is -1.76. The van der Waals surface area contributed by atoms with Crippen LogP contribution in [0.1, 0.15) is 24.8 Å². The fourth-order valence-electron chi connectivity index (χ4n) is 3.61. The second-order valence-electron chi connectivity index (χ2n) is 7.75. The van der Waals surface area contributed by atoms with E-state index in [2.05, 4.69) is 21.4 Å². The summed E-state index contributed by atoms with van der Waals surface area (Å²) in [5, 5.41) is 11.5. The second-order valence-corrected chi connectivity index (χ2v) is 8.79. The zero-order chi connectivity index (χ0) is 22.9. The van der Waals surface area contributed by atoms with Crippen LogP contribution in [0.25, 0.3) is 0 Å². The van der Waals surface area contributed by atoms with Crippen molar-refractivity contribution >= 4 is 28.7 Å². The largest absolute Gasteiger partial charge is 0.417 e. The molecule has 1 aromatic heterocycles. The Morgan fingerprint density at radius 1 is 1.19 bits per heavy atom. The molecule has 32 heavy (non-hydrogen) atoms. The van der Waals surface area contributed by atoms with Gasteiger partial charge in [-0.2, -0.15) is 18.4 Å². The van der Waals surface area contributed by atoms with Gasteiger partial charge in [-0.15, -0.1) is 0 Å². The van der Waals surface area contributed by atoms with Crippen LogP contribution in [0.2, 0.25) is 0 Å².